The van der Waals surface area contributed by atoms with Crippen LogP contribution in [-0.2, 0) is 5.54 Å². The molecule has 0 aliphatic heterocycles. The van der Waals surface area contributed by atoms with Crippen molar-refractivity contribution in [2.45, 2.75) is 57.4 Å². The molecular formula is C16H24BrN. The average Bonchev–Trinajstić information content (AvgIpc) is 2.38. The molecule has 0 saturated heterocycles. The van der Waals surface area contributed by atoms with Gasteiger partial charge in [-0.25, -0.2) is 0 Å². The molecular weight excluding hydrogens is 286 g/mol. The molecule has 0 heterocycles. The van der Waals surface area contributed by atoms with E-state index in [1.165, 1.54) is 44.1 Å². The largest absolute Gasteiger partial charge is 0.322 e. The van der Waals surface area contributed by atoms with E-state index in [4.69, 9.17) is 5.73 Å². The molecule has 1 unspecified atom stereocenters. The van der Waals surface area contributed by atoms with Gasteiger partial charge in [-0.3, -0.25) is 0 Å². The first-order chi connectivity index (χ1) is 8.58. The average molecular weight is 310 g/mol. The zero-order valence-corrected chi connectivity index (χ0v) is 12.9. The van der Waals surface area contributed by atoms with Gasteiger partial charge in [0.25, 0.3) is 0 Å². The van der Waals surface area contributed by atoms with Crippen molar-refractivity contribution in [1.29, 1.82) is 0 Å². The third kappa shape index (κ3) is 3.83. The Labute approximate surface area is 119 Å². The minimum Gasteiger partial charge on any atom is -0.322 e. The van der Waals surface area contributed by atoms with Crippen molar-refractivity contribution in [2.75, 3.05) is 0 Å². The summed E-state index contributed by atoms with van der Waals surface area (Å²) in [4.78, 5) is 0. The van der Waals surface area contributed by atoms with Crippen molar-refractivity contribution >= 4 is 15.9 Å². The molecule has 2 rings (SSSR count). The Morgan fingerprint density at radius 2 is 2.00 bits per heavy atom. The topological polar surface area (TPSA) is 26.0 Å². The summed E-state index contributed by atoms with van der Waals surface area (Å²) in [5.74, 6) is 0.911. The second-order valence-corrected chi connectivity index (χ2v) is 6.89. The van der Waals surface area contributed by atoms with Gasteiger partial charge in [-0.15, -0.1) is 0 Å². The van der Waals surface area contributed by atoms with Crippen LogP contribution in [0, 0.1) is 5.92 Å². The Kier molecular flexibility index (Phi) is 4.85. The molecule has 0 aromatic heterocycles. The Morgan fingerprint density at radius 3 is 2.67 bits per heavy atom. The van der Waals surface area contributed by atoms with Gasteiger partial charge in [0.05, 0.1) is 0 Å². The van der Waals surface area contributed by atoms with Gasteiger partial charge in [-0.05, 0) is 43.4 Å². The van der Waals surface area contributed by atoms with Gasteiger partial charge in [0.2, 0.25) is 0 Å². The van der Waals surface area contributed by atoms with Crippen molar-refractivity contribution in [3.05, 3.63) is 34.3 Å². The standard InChI is InChI=1S/C16H24BrN/c1-16(18,14-8-5-9-15(17)12-14)11-10-13-6-3-2-4-7-13/h5,8-9,12-13H,2-4,6-7,10-11,18H2,1H3. The highest BCUT2D eigenvalue weighted by Crippen LogP contribution is 2.32. The lowest BCUT2D eigenvalue weighted by molar-refractivity contribution is 0.298. The van der Waals surface area contributed by atoms with Crippen LogP contribution >= 0.6 is 15.9 Å². The van der Waals surface area contributed by atoms with Crippen molar-refractivity contribution in [2.24, 2.45) is 11.7 Å². The molecule has 0 spiro atoms. The number of halogens is 1. The summed E-state index contributed by atoms with van der Waals surface area (Å²) in [6.07, 6.45) is 9.46. The normalized spacial score (nSPS) is 20.6. The molecule has 1 aromatic rings. The maximum Gasteiger partial charge on any atom is 0.0381 e. The second kappa shape index (κ2) is 6.21. The van der Waals surface area contributed by atoms with Gasteiger partial charge in [-0.2, -0.15) is 0 Å². The highest BCUT2D eigenvalue weighted by Gasteiger charge is 2.23. The first-order valence-corrected chi connectivity index (χ1v) is 7.92. The molecule has 1 nitrogen and oxygen atoms in total. The van der Waals surface area contributed by atoms with Gasteiger partial charge < -0.3 is 5.73 Å². The summed E-state index contributed by atoms with van der Waals surface area (Å²) in [5.41, 5.74) is 7.55. The predicted molar refractivity (Wildman–Crippen MR) is 81.5 cm³/mol. The van der Waals surface area contributed by atoms with Crippen LogP contribution in [0.25, 0.3) is 0 Å². The van der Waals surface area contributed by atoms with E-state index >= 15 is 0 Å². The molecule has 1 aliphatic rings. The summed E-state index contributed by atoms with van der Waals surface area (Å²) < 4.78 is 1.12. The fourth-order valence-electron chi connectivity index (χ4n) is 2.97. The van der Waals surface area contributed by atoms with Crippen LogP contribution in [0.4, 0.5) is 0 Å². The molecule has 0 bridgehead atoms. The molecule has 1 fully saturated rings. The van der Waals surface area contributed by atoms with Gasteiger partial charge >= 0.3 is 0 Å². The molecule has 2 N–H and O–H groups in total. The molecule has 100 valence electrons. The first-order valence-electron chi connectivity index (χ1n) is 7.13. The molecule has 1 aliphatic carbocycles. The summed E-state index contributed by atoms with van der Waals surface area (Å²) in [5, 5.41) is 0. The third-order valence-electron chi connectivity index (χ3n) is 4.28. The number of benzene rings is 1. The van der Waals surface area contributed by atoms with Gasteiger partial charge in [-0.1, -0.05) is 60.2 Å². The summed E-state index contributed by atoms with van der Waals surface area (Å²) in [6.45, 7) is 2.16. The Balaban J connectivity index is 1.94. The van der Waals surface area contributed by atoms with Crippen LogP contribution in [0.1, 0.15) is 57.4 Å². The molecule has 0 radical (unpaired) electrons. The number of rotatable bonds is 4. The maximum absolute atomic E-state index is 6.50. The van der Waals surface area contributed by atoms with Crippen molar-refractivity contribution in [3.63, 3.8) is 0 Å². The molecule has 18 heavy (non-hydrogen) atoms. The summed E-state index contributed by atoms with van der Waals surface area (Å²) >= 11 is 3.53. The minimum atomic E-state index is -0.193. The Bertz CT molecular complexity index is 380. The first kappa shape index (κ1) is 14.1. The van der Waals surface area contributed by atoms with E-state index in [2.05, 4.69) is 47.1 Å². The zero-order valence-electron chi connectivity index (χ0n) is 11.3. The molecule has 2 heteroatoms. The molecule has 1 saturated carbocycles. The summed E-state index contributed by atoms with van der Waals surface area (Å²) in [7, 11) is 0. The second-order valence-electron chi connectivity index (χ2n) is 5.97. The van der Waals surface area contributed by atoms with Gasteiger partial charge in [0.15, 0.2) is 0 Å². The van der Waals surface area contributed by atoms with Crippen LogP contribution in [0.15, 0.2) is 28.7 Å². The van der Waals surface area contributed by atoms with Gasteiger partial charge in [0.1, 0.15) is 0 Å². The highest BCUT2D eigenvalue weighted by molar-refractivity contribution is 9.10. The lowest BCUT2D eigenvalue weighted by Gasteiger charge is -2.29. The fourth-order valence-corrected chi connectivity index (χ4v) is 3.37. The monoisotopic (exact) mass is 309 g/mol. The fraction of sp³-hybridized carbons (Fsp3) is 0.625. The van der Waals surface area contributed by atoms with Crippen LogP contribution in [0.5, 0.6) is 0 Å². The quantitative estimate of drug-likeness (QED) is 0.833. The van der Waals surface area contributed by atoms with Crippen molar-refractivity contribution < 1.29 is 0 Å². The van der Waals surface area contributed by atoms with Crippen LogP contribution in [0.2, 0.25) is 0 Å². The van der Waals surface area contributed by atoms with Crippen LogP contribution in [-0.4, -0.2) is 0 Å². The zero-order chi connectivity index (χ0) is 13.0. The maximum atomic E-state index is 6.50. The molecule has 1 atom stereocenters. The molecule has 0 amide bonds. The number of hydrogen-bond donors (Lipinski definition) is 1. The minimum absolute atomic E-state index is 0.193. The highest BCUT2D eigenvalue weighted by atomic mass is 79.9. The van der Waals surface area contributed by atoms with Crippen LogP contribution < -0.4 is 5.73 Å². The van der Waals surface area contributed by atoms with E-state index in [1.54, 1.807) is 0 Å². The SMILES string of the molecule is CC(N)(CCC1CCCCC1)c1cccc(Br)c1. The predicted octanol–water partition coefficient (Wildman–Crippen LogP) is 4.98. The Hall–Kier alpha value is -0.340. The third-order valence-corrected chi connectivity index (χ3v) is 4.77. The number of hydrogen-bond acceptors (Lipinski definition) is 1. The van der Waals surface area contributed by atoms with Crippen molar-refractivity contribution in [3.8, 4) is 0 Å². The van der Waals surface area contributed by atoms with E-state index in [0.717, 1.165) is 16.8 Å². The smallest absolute Gasteiger partial charge is 0.0381 e. The van der Waals surface area contributed by atoms with Gasteiger partial charge in [0, 0.05) is 10.0 Å². The van der Waals surface area contributed by atoms with E-state index in [9.17, 15) is 0 Å². The lowest BCUT2D eigenvalue weighted by atomic mass is 9.80. The lowest BCUT2D eigenvalue weighted by Crippen LogP contribution is -2.33. The summed E-state index contributed by atoms with van der Waals surface area (Å²) in [6, 6.07) is 8.43. The molecule has 1 aromatic carbocycles. The van der Waals surface area contributed by atoms with E-state index in [-0.39, 0.29) is 5.54 Å². The van der Waals surface area contributed by atoms with E-state index in [0.29, 0.717) is 0 Å². The van der Waals surface area contributed by atoms with E-state index in [1.807, 2.05) is 0 Å². The number of nitrogens with two attached hydrogens (primary N) is 1. The Morgan fingerprint density at radius 1 is 1.28 bits per heavy atom. The van der Waals surface area contributed by atoms with E-state index < -0.39 is 0 Å². The van der Waals surface area contributed by atoms with Crippen molar-refractivity contribution in [1.82, 2.24) is 0 Å². The van der Waals surface area contributed by atoms with Crippen LogP contribution in [0.3, 0.4) is 0 Å².